The van der Waals surface area contributed by atoms with Crippen LogP contribution in [0.3, 0.4) is 0 Å². The number of hydrogen-bond acceptors (Lipinski definition) is 6. The molecule has 0 aromatic rings. The van der Waals surface area contributed by atoms with Crippen LogP contribution in [0.5, 0.6) is 0 Å². The highest BCUT2D eigenvalue weighted by atomic mass is 16.6. The summed E-state index contributed by atoms with van der Waals surface area (Å²) in [5, 5.41) is 0. The third-order valence-corrected chi connectivity index (χ3v) is 9.99. The first-order chi connectivity index (χ1) is 30.5. The topological polar surface area (TPSA) is 78.9 Å². The number of unbranched alkanes of at least 4 members (excludes halogenated alkanes) is 14. The summed E-state index contributed by atoms with van der Waals surface area (Å²) < 4.78 is 16.7. The predicted molar refractivity (Wildman–Crippen MR) is 265 cm³/mol. The van der Waals surface area contributed by atoms with Gasteiger partial charge in [0.2, 0.25) is 0 Å². The number of ether oxygens (including phenoxy) is 3. The fourth-order valence-corrected chi connectivity index (χ4v) is 6.31. The Morgan fingerprint density at radius 2 is 0.645 bits per heavy atom. The van der Waals surface area contributed by atoms with Crippen molar-refractivity contribution < 1.29 is 28.6 Å². The number of allylic oxidation sites excluding steroid dienone is 18. The zero-order chi connectivity index (χ0) is 45.1. The van der Waals surface area contributed by atoms with E-state index in [2.05, 4.69) is 130 Å². The minimum Gasteiger partial charge on any atom is -0.462 e. The second-order valence-electron chi connectivity index (χ2n) is 16.0. The van der Waals surface area contributed by atoms with Gasteiger partial charge < -0.3 is 14.2 Å². The number of carbonyl (C=O) groups excluding carboxylic acids is 3. The highest BCUT2D eigenvalue weighted by Gasteiger charge is 2.19. The van der Waals surface area contributed by atoms with Gasteiger partial charge in [-0.25, -0.2) is 0 Å². The molecule has 0 aliphatic heterocycles. The van der Waals surface area contributed by atoms with E-state index in [-0.39, 0.29) is 44.0 Å². The maximum Gasteiger partial charge on any atom is 0.306 e. The molecule has 0 bridgehead atoms. The van der Waals surface area contributed by atoms with E-state index in [9.17, 15) is 14.4 Å². The monoisotopic (exact) mass is 859 g/mol. The molecule has 0 fully saturated rings. The number of esters is 3. The molecular formula is C56H90O6. The molecule has 0 amide bonds. The second-order valence-corrected chi connectivity index (χ2v) is 16.0. The fraction of sp³-hybridized carbons (Fsp3) is 0.625. The highest BCUT2D eigenvalue weighted by molar-refractivity contribution is 5.71. The van der Waals surface area contributed by atoms with Crippen LogP contribution in [0.4, 0.5) is 0 Å². The van der Waals surface area contributed by atoms with Gasteiger partial charge in [-0.05, 0) is 116 Å². The molecule has 0 heterocycles. The van der Waals surface area contributed by atoms with Crippen LogP contribution in [-0.2, 0) is 28.6 Å². The van der Waals surface area contributed by atoms with Crippen LogP contribution in [0, 0.1) is 0 Å². The predicted octanol–water partition coefficient (Wildman–Crippen LogP) is 16.4. The van der Waals surface area contributed by atoms with Gasteiger partial charge in [-0.2, -0.15) is 0 Å². The van der Waals surface area contributed by atoms with Crippen molar-refractivity contribution >= 4 is 17.9 Å². The summed E-state index contributed by atoms with van der Waals surface area (Å²) in [7, 11) is 0. The van der Waals surface area contributed by atoms with E-state index in [4.69, 9.17) is 14.2 Å². The first-order valence-corrected chi connectivity index (χ1v) is 24.9. The Bertz CT molecular complexity index is 1310. The Balaban J connectivity index is 4.50. The Labute approximate surface area is 380 Å². The van der Waals surface area contributed by atoms with E-state index in [1.807, 2.05) is 0 Å². The van der Waals surface area contributed by atoms with Gasteiger partial charge in [0.25, 0.3) is 0 Å². The average molecular weight is 859 g/mol. The maximum absolute atomic E-state index is 12.8. The minimum absolute atomic E-state index is 0.113. The van der Waals surface area contributed by atoms with E-state index >= 15 is 0 Å². The van der Waals surface area contributed by atoms with E-state index in [0.717, 1.165) is 103 Å². The van der Waals surface area contributed by atoms with Gasteiger partial charge in [0, 0.05) is 19.3 Å². The van der Waals surface area contributed by atoms with Crippen LogP contribution < -0.4 is 0 Å². The Kier molecular flexibility index (Phi) is 46.6. The summed E-state index contributed by atoms with van der Waals surface area (Å²) in [6.45, 7) is 6.28. The van der Waals surface area contributed by atoms with Crippen molar-refractivity contribution in [1.29, 1.82) is 0 Å². The van der Waals surface area contributed by atoms with Crippen molar-refractivity contribution in [3.05, 3.63) is 109 Å². The van der Waals surface area contributed by atoms with Crippen molar-refractivity contribution in [2.75, 3.05) is 13.2 Å². The summed E-state index contributed by atoms with van der Waals surface area (Å²) in [5.41, 5.74) is 0. The van der Waals surface area contributed by atoms with Gasteiger partial charge in [0.1, 0.15) is 13.2 Å². The Morgan fingerprint density at radius 1 is 0.339 bits per heavy atom. The maximum atomic E-state index is 12.8. The van der Waals surface area contributed by atoms with Crippen molar-refractivity contribution in [2.24, 2.45) is 0 Å². The SMILES string of the molecule is CC/C=C\C/C=C\C/C=C\C/C=C\CCCCCC(=O)OC(COC(=O)CCC/C=C\C/C=C\C/C=C\CC)COC(=O)CCCCCCCCC/C=C\C/C=C\CCCCC. The lowest BCUT2D eigenvalue weighted by molar-refractivity contribution is -0.167. The second kappa shape index (κ2) is 49.7. The molecule has 62 heavy (non-hydrogen) atoms. The Hall–Kier alpha value is -3.93. The lowest BCUT2D eigenvalue weighted by Crippen LogP contribution is -2.30. The zero-order valence-electron chi connectivity index (χ0n) is 39.8. The molecule has 0 aliphatic rings. The van der Waals surface area contributed by atoms with Crippen molar-refractivity contribution in [2.45, 2.75) is 213 Å². The van der Waals surface area contributed by atoms with Crippen LogP contribution >= 0.6 is 0 Å². The molecule has 0 radical (unpaired) electrons. The van der Waals surface area contributed by atoms with E-state index in [0.29, 0.717) is 19.3 Å². The average Bonchev–Trinajstić information content (AvgIpc) is 3.27. The summed E-state index contributed by atoms with van der Waals surface area (Å²) >= 11 is 0. The minimum atomic E-state index is -0.819. The van der Waals surface area contributed by atoms with Crippen molar-refractivity contribution in [3.8, 4) is 0 Å². The molecule has 1 atom stereocenters. The van der Waals surface area contributed by atoms with E-state index in [1.54, 1.807) is 0 Å². The van der Waals surface area contributed by atoms with Crippen LogP contribution in [-0.4, -0.2) is 37.2 Å². The quantitative estimate of drug-likeness (QED) is 0.0263. The molecule has 0 spiro atoms. The molecule has 0 N–H and O–H groups in total. The zero-order valence-corrected chi connectivity index (χ0v) is 39.8. The summed E-state index contributed by atoms with van der Waals surface area (Å²) in [4.78, 5) is 37.9. The summed E-state index contributed by atoms with van der Waals surface area (Å²) in [5.74, 6) is -1.02. The van der Waals surface area contributed by atoms with Crippen LogP contribution in [0.25, 0.3) is 0 Å². The number of hydrogen-bond donors (Lipinski definition) is 0. The van der Waals surface area contributed by atoms with Gasteiger partial charge in [0.05, 0.1) is 0 Å². The fourth-order valence-electron chi connectivity index (χ4n) is 6.31. The molecule has 6 heteroatoms. The van der Waals surface area contributed by atoms with Crippen LogP contribution in [0.1, 0.15) is 207 Å². The number of carbonyl (C=O) groups is 3. The molecule has 0 aromatic heterocycles. The van der Waals surface area contributed by atoms with Gasteiger partial charge >= 0.3 is 17.9 Å². The summed E-state index contributed by atoms with van der Waals surface area (Å²) in [6.07, 6.45) is 66.5. The molecule has 0 saturated carbocycles. The standard InChI is InChI=1S/C56H90O6/c1-4-7-10-13-16-19-22-24-26-28-30-31-34-37-40-43-46-49-55(58)61-52-53(51-60-54(57)48-45-42-39-36-33-21-18-15-12-9-6-3)62-56(59)50-47-44-41-38-35-32-29-27-25-23-20-17-14-11-8-5-2/h8-9,11-12,16-21,24-27,32,35-36,39,53H,4-7,10,13-15,22-23,28-31,33-34,37-38,40-52H2,1-3H3/b11-8-,12-9-,19-16-,20-17-,21-18-,26-24-,27-25-,35-32-,39-36-. The number of rotatable bonds is 43. The lowest BCUT2D eigenvalue weighted by Gasteiger charge is -2.18. The molecule has 1 unspecified atom stereocenters. The largest absolute Gasteiger partial charge is 0.462 e. The highest BCUT2D eigenvalue weighted by Crippen LogP contribution is 2.12. The molecular weight excluding hydrogens is 769 g/mol. The smallest absolute Gasteiger partial charge is 0.306 e. The van der Waals surface area contributed by atoms with E-state index < -0.39 is 6.10 Å². The van der Waals surface area contributed by atoms with Crippen LogP contribution in [0.15, 0.2) is 109 Å². The first-order valence-electron chi connectivity index (χ1n) is 24.9. The van der Waals surface area contributed by atoms with Gasteiger partial charge in [0.15, 0.2) is 6.10 Å². The van der Waals surface area contributed by atoms with Gasteiger partial charge in [-0.3, -0.25) is 14.4 Å². The van der Waals surface area contributed by atoms with Gasteiger partial charge in [-0.15, -0.1) is 0 Å². The third-order valence-electron chi connectivity index (χ3n) is 9.99. The normalized spacial score (nSPS) is 13.0. The molecule has 6 nitrogen and oxygen atoms in total. The summed E-state index contributed by atoms with van der Waals surface area (Å²) in [6, 6.07) is 0. The van der Waals surface area contributed by atoms with E-state index in [1.165, 1.54) is 51.4 Å². The Morgan fingerprint density at radius 3 is 1.06 bits per heavy atom. The third kappa shape index (κ3) is 47.1. The molecule has 0 saturated heterocycles. The van der Waals surface area contributed by atoms with Gasteiger partial charge in [-0.1, -0.05) is 182 Å². The van der Waals surface area contributed by atoms with Crippen molar-refractivity contribution in [3.63, 3.8) is 0 Å². The molecule has 0 aliphatic carbocycles. The molecule has 0 rings (SSSR count). The molecule has 0 aromatic carbocycles. The lowest BCUT2D eigenvalue weighted by atomic mass is 10.1. The van der Waals surface area contributed by atoms with Crippen molar-refractivity contribution in [1.82, 2.24) is 0 Å². The molecule has 350 valence electrons. The van der Waals surface area contributed by atoms with Crippen LogP contribution in [0.2, 0.25) is 0 Å². The first kappa shape index (κ1) is 58.1.